The molecule has 84 valence electrons. The van der Waals surface area contributed by atoms with Crippen molar-refractivity contribution in [3.8, 4) is 0 Å². The molecule has 0 bridgehead atoms. The van der Waals surface area contributed by atoms with E-state index in [0.29, 0.717) is 11.1 Å². The molecule has 15 heavy (non-hydrogen) atoms. The Balaban J connectivity index is 3.43. The van der Waals surface area contributed by atoms with E-state index >= 15 is 0 Å². The van der Waals surface area contributed by atoms with Crippen molar-refractivity contribution >= 4 is 54.5 Å². The smallest absolute Gasteiger partial charge is 0.207 e. The fourth-order valence-electron chi connectivity index (χ4n) is 1.06. The molecule has 0 aliphatic rings. The molecule has 1 rings (SSSR count). The first-order valence-electron chi connectivity index (χ1n) is 3.75. The first-order valence-corrected chi connectivity index (χ1v) is 7.19. The van der Waals surface area contributed by atoms with Gasteiger partial charge in [-0.3, -0.25) is 0 Å². The van der Waals surface area contributed by atoms with E-state index in [1.165, 1.54) is 18.2 Å². The van der Waals surface area contributed by atoms with Gasteiger partial charge in [-0.2, -0.15) is 0 Å². The van der Waals surface area contributed by atoms with Crippen LogP contribution in [0.25, 0.3) is 0 Å². The molecule has 0 atom stereocenters. The SMILES string of the molecule is Cc1ccc(S(=O)(=O)Cl)cc1C(Cl)(Cl)Cl. The highest BCUT2D eigenvalue weighted by molar-refractivity contribution is 8.13. The molecule has 1 aromatic rings. The van der Waals surface area contributed by atoms with Crippen molar-refractivity contribution in [3.05, 3.63) is 29.3 Å². The second-order valence-corrected chi connectivity index (χ2v) is 7.76. The Hall–Kier alpha value is 0.330. The number of halogens is 4. The number of aryl methyl sites for hydroxylation is 1. The largest absolute Gasteiger partial charge is 0.261 e. The Bertz CT molecular complexity index is 476. The second-order valence-electron chi connectivity index (χ2n) is 2.91. The van der Waals surface area contributed by atoms with Crippen molar-refractivity contribution in [2.75, 3.05) is 0 Å². The van der Waals surface area contributed by atoms with Crippen molar-refractivity contribution in [2.45, 2.75) is 15.6 Å². The van der Waals surface area contributed by atoms with Crippen LogP contribution in [0.3, 0.4) is 0 Å². The Morgan fingerprint density at radius 2 is 1.73 bits per heavy atom. The molecule has 0 N–H and O–H groups in total. The zero-order valence-corrected chi connectivity index (χ0v) is 11.3. The maximum absolute atomic E-state index is 11.1. The van der Waals surface area contributed by atoms with Gasteiger partial charge in [0, 0.05) is 16.2 Å². The minimum absolute atomic E-state index is 0.0870. The van der Waals surface area contributed by atoms with Crippen LogP contribution in [0.4, 0.5) is 0 Å². The fourth-order valence-corrected chi connectivity index (χ4v) is 2.45. The third-order valence-corrected chi connectivity index (χ3v) is 3.76. The zero-order valence-electron chi connectivity index (χ0n) is 7.47. The molecule has 0 unspecified atom stereocenters. The highest BCUT2D eigenvalue weighted by Gasteiger charge is 2.26. The lowest BCUT2D eigenvalue weighted by molar-refractivity contribution is 0.609. The monoisotopic (exact) mass is 306 g/mol. The summed E-state index contributed by atoms with van der Waals surface area (Å²) in [6.07, 6.45) is 0. The first kappa shape index (κ1) is 13.4. The summed E-state index contributed by atoms with van der Waals surface area (Å²) in [5.74, 6) is 0. The Kier molecular flexibility index (Phi) is 3.84. The molecule has 0 aliphatic heterocycles. The molecular weight excluding hydrogens is 302 g/mol. The fraction of sp³-hybridized carbons (Fsp3) is 0.250. The van der Waals surface area contributed by atoms with Gasteiger partial charge in [0.1, 0.15) is 0 Å². The van der Waals surface area contributed by atoms with Gasteiger partial charge in [-0.25, -0.2) is 8.42 Å². The predicted octanol–water partition coefficient (Wildman–Crippen LogP) is 3.75. The van der Waals surface area contributed by atoms with Crippen molar-refractivity contribution in [2.24, 2.45) is 0 Å². The van der Waals surface area contributed by atoms with E-state index in [0.717, 1.165) is 0 Å². The van der Waals surface area contributed by atoms with Crippen molar-refractivity contribution < 1.29 is 8.42 Å². The molecule has 0 aliphatic carbocycles. The third kappa shape index (κ3) is 3.40. The molecule has 0 fully saturated rings. The van der Waals surface area contributed by atoms with Crippen LogP contribution in [-0.2, 0) is 12.8 Å². The standard InChI is InChI=1S/C8H6Cl4O2S/c1-5-2-3-6(15(12,13)14)4-7(5)8(9,10)11/h2-4H,1H3. The number of hydrogen-bond donors (Lipinski definition) is 0. The summed E-state index contributed by atoms with van der Waals surface area (Å²) in [6.45, 7) is 1.71. The summed E-state index contributed by atoms with van der Waals surface area (Å²) in [7, 11) is 1.37. The molecule has 2 nitrogen and oxygen atoms in total. The van der Waals surface area contributed by atoms with E-state index in [2.05, 4.69) is 0 Å². The summed E-state index contributed by atoms with van der Waals surface area (Å²) >= 11 is 17.0. The van der Waals surface area contributed by atoms with Crippen LogP contribution >= 0.6 is 45.5 Å². The number of benzene rings is 1. The predicted molar refractivity (Wildman–Crippen MR) is 63.5 cm³/mol. The van der Waals surface area contributed by atoms with Crippen LogP contribution in [-0.4, -0.2) is 8.42 Å². The number of rotatable bonds is 1. The van der Waals surface area contributed by atoms with Gasteiger partial charge in [0.2, 0.25) is 3.79 Å². The maximum Gasteiger partial charge on any atom is 0.261 e. The van der Waals surface area contributed by atoms with E-state index in [4.69, 9.17) is 45.5 Å². The van der Waals surface area contributed by atoms with Crippen LogP contribution in [0.1, 0.15) is 11.1 Å². The van der Waals surface area contributed by atoms with Gasteiger partial charge in [-0.15, -0.1) is 0 Å². The summed E-state index contributed by atoms with van der Waals surface area (Å²) in [6, 6.07) is 4.15. The molecule has 1 aromatic carbocycles. The summed E-state index contributed by atoms with van der Waals surface area (Å²) in [4.78, 5) is -0.0870. The highest BCUT2D eigenvalue weighted by atomic mass is 35.7. The maximum atomic E-state index is 11.1. The zero-order chi connectivity index (χ0) is 11.9. The summed E-state index contributed by atoms with van der Waals surface area (Å²) in [5, 5.41) is 0. The minimum atomic E-state index is -3.81. The lowest BCUT2D eigenvalue weighted by Gasteiger charge is -2.14. The number of alkyl halides is 3. The quantitative estimate of drug-likeness (QED) is 0.585. The first-order chi connectivity index (χ1) is 6.62. The van der Waals surface area contributed by atoms with E-state index in [1.54, 1.807) is 6.92 Å². The lowest BCUT2D eigenvalue weighted by Crippen LogP contribution is -2.05. The van der Waals surface area contributed by atoms with E-state index < -0.39 is 12.8 Å². The van der Waals surface area contributed by atoms with Crippen molar-refractivity contribution in [1.29, 1.82) is 0 Å². The topological polar surface area (TPSA) is 34.1 Å². The lowest BCUT2D eigenvalue weighted by atomic mass is 10.1. The Morgan fingerprint density at radius 3 is 2.13 bits per heavy atom. The van der Waals surface area contributed by atoms with Gasteiger partial charge in [0.25, 0.3) is 9.05 Å². The normalized spacial score (nSPS) is 12.9. The molecule has 0 spiro atoms. The van der Waals surface area contributed by atoms with Crippen LogP contribution < -0.4 is 0 Å². The molecule has 0 saturated heterocycles. The van der Waals surface area contributed by atoms with Gasteiger partial charge in [-0.05, 0) is 24.6 Å². The van der Waals surface area contributed by atoms with Crippen LogP contribution in [0, 0.1) is 6.92 Å². The molecule has 0 heterocycles. The molecular formula is C8H6Cl4O2S. The van der Waals surface area contributed by atoms with Crippen LogP contribution in [0.5, 0.6) is 0 Å². The molecule has 0 radical (unpaired) electrons. The van der Waals surface area contributed by atoms with Crippen molar-refractivity contribution in [1.82, 2.24) is 0 Å². The van der Waals surface area contributed by atoms with Crippen molar-refractivity contribution in [3.63, 3.8) is 0 Å². The van der Waals surface area contributed by atoms with Gasteiger partial charge in [-0.1, -0.05) is 40.9 Å². The average Bonchev–Trinajstić information content (AvgIpc) is 2.00. The Morgan fingerprint density at radius 1 is 1.20 bits per heavy atom. The molecule has 0 amide bonds. The minimum Gasteiger partial charge on any atom is -0.207 e. The highest BCUT2D eigenvalue weighted by Crippen LogP contribution is 2.40. The van der Waals surface area contributed by atoms with Crippen LogP contribution in [0.15, 0.2) is 23.1 Å². The van der Waals surface area contributed by atoms with Gasteiger partial charge in [0.15, 0.2) is 0 Å². The van der Waals surface area contributed by atoms with Crippen LogP contribution in [0.2, 0.25) is 0 Å². The average molecular weight is 308 g/mol. The summed E-state index contributed by atoms with van der Waals surface area (Å²) < 4.78 is 20.5. The van der Waals surface area contributed by atoms with Gasteiger partial charge >= 0.3 is 0 Å². The molecule has 7 heteroatoms. The Labute approximate surface area is 108 Å². The van der Waals surface area contributed by atoms with E-state index in [-0.39, 0.29) is 4.90 Å². The van der Waals surface area contributed by atoms with Gasteiger partial charge < -0.3 is 0 Å². The molecule has 0 aromatic heterocycles. The molecule has 0 saturated carbocycles. The second kappa shape index (κ2) is 4.30. The summed E-state index contributed by atoms with van der Waals surface area (Å²) in [5.41, 5.74) is 0.980. The number of hydrogen-bond acceptors (Lipinski definition) is 2. The van der Waals surface area contributed by atoms with E-state index in [1.807, 2.05) is 0 Å². The third-order valence-electron chi connectivity index (χ3n) is 1.80. The van der Waals surface area contributed by atoms with Gasteiger partial charge in [0.05, 0.1) is 4.90 Å². The van der Waals surface area contributed by atoms with E-state index in [9.17, 15) is 8.42 Å².